The minimum absolute atomic E-state index is 0.262. The number of rotatable bonds is 5. The van der Waals surface area contributed by atoms with E-state index in [1.807, 2.05) is 23.5 Å². The number of β-amino-alcohol motifs (C(OH)–C–C–N with tert-alkyl or cyclic N) is 1. The van der Waals surface area contributed by atoms with Crippen LogP contribution < -0.4 is 0 Å². The van der Waals surface area contributed by atoms with Crippen molar-refractivity contribution in [3.8, 4) is 0 Å². The lowest BCUT2D eigenvalue weighted by atomic mass is 9.99. The normalized spacial score (nSPS) is 23.8. The van der Waals surface area contributed by atoms with Crippen molar-refractivity contribution in [2.24, 2.45) is 5.92 Å². The number of fused-ring (bicyclic) bond motifs is 1. The topological polar surface area (TPSA) is 36.4 Å². The van der Waals surface area contributed by atoms with E-state index in [4.69, 9.17) is 4.98 Å². The molecule has 1 N–H and O–H groups in total. The number of aliphatic hydroxyl groups is 1. The monoisotopic (exact) mass is 392 g/mol. The summed E-state index contributed by atoms with van der Waals surface area (Å²) in [6.45, 7) is 2.69. The summed E-state index contributed by atoms with van der Waals surface area (Å²) >= 11 is 1.99. The highest BCUT2D eigenvalue weighted by atomic mass is 32.1. The zero-order valence-electron chi connectivity index (χ0n) is 16.3. The molecule has 2 aliphatic rings. The quantitative estimate of drug-likeness (QED) is 0.664. The van der Waals surface area contributed by atoms with Gasteiger partial charge in [0, 0.05) is 46.4 Å². The van der Waals surface area contributed by atoms with Crippen molar-refractivity contribution in [3.05, 3.63) is 64.0 Å². The lowest BCUT2D eigenvalue weighted by Crippen LogP contribution is -2.20. The zero-order valence-corrected chi connectivity index (χ0v) is 17.1. The SMILES string of the molecule is O[C@@H]1CN(Cc2ccc(C3CCCC3)s2)C[C@H]1Cc1ccc2ccccc2n1. The van der Waals surface area contributed by atoms with Gasteiger partial charge in [-0.2, -0.15) is 0 Å². The Balaban J connectivity index is 1.22. The first-order valence-electron chi connectivity index (χ1n) is 10.6. The Hall–Kier alpha value is -1.75. The van der Waals surface area contributed by atoms with Gasteiger partial charge in [-0.1, -0.05) is 37.1 Å². The molecule has 3 heterocycles. The van der Waals surface area contributed by atoms with E-state index < -0.39 is 0 Å². The number of hydrogen-bond acceptors (Lipinski definition) is 4. The Morgan fingerprint density at radius 2 is 1.86 bits per heavy atom. The summed E-state index contributed by atoms with van der Waals surface area (Å²) in [5.74, 6) is 1.07. The Kier molecular flexibility index (Phi) is 5.19. The fourth-order valence-corrected chi connectivity index (χ4v) is 6.12. The van der Waals surface area contributed by atoms with Crippen LogP contribution in [-0.4, -0.2) is 34.2 Å². The number of aliphatic hydroxyl groups excluding tert-OH is 1. The van der Waals surface area contributed by atoms with Crippen LogP contribution >= 0.6 is 11.3 Å². The van der Waals surface area contributed by atoms with E-state index in [9.17, 15) is 5.11 Å². The van der Waals surface area contributed by atoms with Crippen LogP contribution in [0.5, 0.6) is 0 Å². The van der Waals surface area contributed by atoms with Crippen LogP contribution in [0.25, 0.3) is 10.9 Å². The Labute approximate surface area is 171 Å². The summed E-state index contributed by atoms with van der Waals surface area (Å²) in [6.07, 6.45) is 6.09. The molecule has 0 spiro atoms. The molecule has 1 aromatic carbocycles. The average Bonchev–Trinajstić information content (AvgIpc) is 3.44. The molecule has 1 aliphatic heterocycles. The van der Waals surface area contributed by atoms with E-state index in [1.54, 1.807) is 4.88 Å². The molecular weight excluding hydrogens is 364 g/mol. The molecule has 1 saturated carbocycles. The molecule has 1 aliphatic carbocycles. The summed E-state index contributed by atoms with van der Waals surface area (Å²) in [4.78, 5) is 10.2. The maximum atomic E-state index is 10.6. The third kappa shape index (κ3) is 3.86. The van der Waals surface area contributed by atoms with E-state index in [-0.39, 0.29) is 12.0 Å². The fourth-order valence-electron chi connectivity index (χ4n) is 4.89. The lowest BCUT2D eigenvalue weighted by Gasteiger charge is -2.15. The number of nitrogens with zero attached hydrogens (tertiary/aromatic N) is 2. The standard InChI is InChI=1S/C24H28N2OS/c27-23-16-26(15-21-11-12-24(28-21)18-6-1-2-7-18)14-19(23)13-20-10-9-17-5-3-4-8-22(17)25-20/h3-5,8-12,18-19,23,27H,1-2,6-7,13-16H2/t19-,23-/m1/s1. The molecule has 3 nitrogen and oxygen atoms in total. The van der Waals surface area contributed by atoms with Gasteiger partial charge in [0.15, 0.2) is 0 Å². The molecule has 0 unspecified atom stereocenters. The summed E-state index contributed by atoms with van der Waals surface area (Å²) in [7, 11) is 0. The molecule has 3 aromatic rings. The summed E-state index contributed by atoms with van der Waals surface area (Å²) in [5, 5.41) is 11.8. The number of likely N-dealkylation sites (tertiary alicyclic amines) is 1. The van der Waals surface area contributed by atoms with Gasteiger partial charge in [-0.3, -0.25) is 9.88 Å². The maximum absolute atomic E-state index is 10.6. The first-order valence-corrected chi connectivity index (χ1v) is 11.4. The number of thiophene rings is 1. The maximum Gasteiger partial charge on any atom is 0.0711 e. The van der Waals surface area contributed by atoms with Gasteiger partial charge >= 0.3 is 0 Å². The third-order valence-electron chi connectivity index (χ3n) is 6.43. The van der Waals surface area contributed by atoms with Crippen LogP contribution in [0.2, 0.25) is 0 Å². The van der Waals surface area contributed by atoms with Crippen molar-refractivity contribution in [1.29, 1.82) is 0 Å². The van der Waals surface area contributed by atoms with Crippen LogP contribution in [0.1, 0.15) is 47.0 Å². The van der Waals surface area contributed by atoms with E-state index in [2.05, 4.69) is 41.3 Å². The van der Waals surface area contributed by atoms with E-state index in [0.29, 0.717) is 0 Å². The number of aromatic nitrogens is 1. The van der Waals surface area contributed by atoms with E-state index in [1.165, 1.54) is 35.9 Å². The van der Waals surface area contributed by atoms with Gasteiger partial charge in [0.2, 0.25) is 0 Å². The van der Waals surface area contributed by atoms with E-state index >= 15 is 0 Å². The molecule has 4 heteroatoms. The number of pyridine rings is 1. The van der Waals surface area contributed by atoms with Crippen LogP contribution in [0.15, 0.2) is 48.5 Å². The summed E-state index contributed by atoms with van der Waals surface area (Å²) in [6, 6.07) is 17.2. The number of para-hydroxylation sites is 1. The molecule has 28 heavy (non-hydrogen) atoms. The Morgan fingerprint density at radius 3 is 2.75 bits per heavy atom. The van der Waals surface area contributed by atoms with Gasteiger partial charge in [0.25, 0.3) is 0 Å². The average molecular weight is 393 g/mol. The molecule has 5 rings (SSSR count). The predicted octanol–water partition coefficient (Wildman–Crippen LogP) is 4.99. The molecule has 2 fully saturated rings. The number of hydrogen-bond donors (Lipinski definition) is 1. The second kappa shape index (κ2) is 7.94. The molecule has 1 saturated heterocycles. The fraction of sp³-hybridized carbons (Fsp3) is 0.458. The Bertz CT molecular complexity index is 946. The summed E-state index contributed by atoms with van der Waals surface area (Å²) < 4.78 is 0. The molecule has 0 bridgehead atoms. The van der Waals surface area contributed by atoms with Crippen LogP contribution in [-0.2, 0) is 13.0 Å². The zero-order chi connectivity index (χ0) is 18.9. The second-order valence-corrected chi connectivity index (χ2v) is 9.71. The smallest absolute Gasteiger partial charge is 0.0711 e. The summed E-state index contributed by atoms with van der Waals surface area (Å²) in [5.41, 5.74) is 2.13. The number of benzene rings is 1. The van der Waals surface area contributed by atoms with E-state index in [0.717, 1.165) is 43.2 Å². The van der Waals surface area contributed by atoms with Gasteiger partial charge in [0.05, 0.1) is 11.6 Å². The molecule has 146 valence electrons. The van der Waals surface area contributed by atoms with Crippen LogP contribution in [0.4, 0.5) is 0 Å². The largest absolute Gasteiger partial charge is 0.391 e. The van der Waals surface area contributed by atoms with Gasteiger partial charge in [-0.15, -0.1) is 11.3 Å². The molecule has 2 aromatic heterocycles. The van der Waals surface area contributed by atoms with Gasteiger partial charge in [-0.05, 0) is 49.4 Å². The van der Waals surface area contributed by atoms with Crippen molar-refractivity contribution in [3.63, 3.8) is 0 Å². The third-order valence-corrected chi connectivity index (χ3v) is 7.66. The molecule has 0 amide bonds. The predicted molar refractivity (Wildman–Crippen MR) is 116 cm³/mol. The first kappa shape index (κ1) is 18.3. The first-order chi connectivity index (χ1) is 13.7. The van der Waals surface area contributed by atoms with Crippen molar-refractivity contribution in [2.45, 2.75) is 50.7 Å². The highest BCUT2D eigenvalue weighted by Crippen LogP contribution is 2.38. The van der Waals surface area contributed by atoms with Crippen molar-refractivity contribution >= 4 is 22.2 Å². The molecular formula is C24H28N2OS. The highest BCUT2D eigenvalue weighted by molar-refractivity contribution is 7.12. The van der Waals surface area contributed by atoms with Crippen molar-refractivity contribution in [2.75, 3.05) is 13.1 Å². The molecule has 2 atom stereocenters. The highest BCUT2D eigenvalue weighted by Gasteiger charge is 2.32. The minimum atomic E-state index is -0.262. The van der Waals surface area contributed by atoms with Gasteiger partial charge < -0.3 is 5.11 Å². The van der Waals surface area contributed by atoms with Crippen molar-refractivity contribution in [1.82, 2.24) is 9.88 Å². The lowest BCUT2D eigenvalue weighted by molar-refractivity contribution is 0.140. The Morgan fingerprint density at radius 1 is 1.00 bits per heavy atom. The van der Waals surface area contributed by atoms with Crippen LogP contribution in [0, 0.1) is 5.92 Å². The van der Waals surface area contributed by atoms with Gasteiger partial charge in [-0.25, -0.2) is 0 Å². The molecule has 0 radical (unpaired) electrons. The van der Waals surface area contributed by atoms with Gasteiger partial charge in [0.1, 0.15) is 0 Å². The van der Waals surface area contributed by atoms with Crippen LogP contribution in [0.3, 0.4) is 0 Å². The second-order valence-electron chi connectivity index (χ2n) is 8.51. The minimum Gasteiger partial charge on any atom is -0.391 e. The van der Waals surface area contributed by atoms with Crippen molar-refractivity contribution < 1.29 is 5.11 Å².